The molecule has 2 atom stereocenters. The molecule has 142 valence electrons. The van der Waals surface area contributed by atoms with Crippen molar-refractivity contribution in [1.29, 1.82) is 0 Å². The molecule has 1 heterocycles. The van der Waals surface area contributed by atoms with Gasteiger partial charge in [0.05, 0.1) is 7.11 Å². The molecular formula is C20H27FN2O3. The van der Waals surface area contributed by atoms with E-state index in [2.05, 4.69) is 5.32 Å². The number of nitrogens with one attached hydrogen (secondary N) is 1. The minimum absolute atomic E-state index is 0.0857. The summed E-state index contributed by atoms with van der Waals surface area (Å²) >= 11 is 0. The summed E-state index contributed by atoms with van der Waals surface area (Å²) in [4.78, 5) is 26.5. The van der Waals surface area contributed by atoms with Crippen LogP contribution in [0.3, 0.4) is 0 Å². The lowest BCUT2D eigenvalue weighted by atomic mass is 10.0. The number of halogens is 1. The molecule has 1 aliphatic rings. The van der Waals surface area contributed by atoms with Crippen LogP contribution in [0, 0.1) is 11.7 Å². The van der Waals surface area contributed by atoms with Gasteiger partial charge in [0.1, 0.15) is 18.0 Å². The second kappa shape index (κ2) is 8.45. The Labute approximate surface area is 154 Å². The number of nitrogens with zero attached hydrogens (tertiary/aromatic N) is 1. The highest BCUT2D eigenvalue weighted by Crippen LogP contribution is 2.27. The van der Waals surface area contributed by atoms with E-state index in [1.54, 1.807) is 24.0 Å². The van der Waals surface area contributed by atoms with Crippen LogP contribution in [0.1, 0.15) is 39.7 Å². The average molecular weight is 362 g/mol. The van der Waals surface area contributed by atoms with Crippen molar-refractivity contribution in [1.82, 2.24) is 10.2 Å². The summed E-state index contributed by atoms with van der Waals surface area (Å²) in [5, 5.41) is 3.29. The van der Waals surface area contributed by atoms with Crippen molar-refractivity contribution in [2.45, 2.75) is 52.9 Å². The minimum Gasteiger partial charge on any atom is -0.468 e. The molecule has 0 saturated heterocycles. The number of esters is 1. The van der Waals surface area contributed by atoms with Crippen molar-refractivity contribution >= 4 is 11.9 Å². The summed E-state index contributed by atoms with van der Waals surface area (Å²) < 4.78 is 18.1. The molecule has 1 aliphatic heterocycles. The van der Waals surface area contributed by atoms with E-state index in [9.17, 15) is 14.0 Å². The molecule has 1 amide bonds. The van der Waals surface area contributed by atoms with E-state index in [4.69, 9.17) is 4.74 Å². The Morgan fingerprint density at radius 2 is 1.88 bits per heavy atom. The number of hydrogen-bond donors (Lipinski definition) is 1. The maximum atomic E-state index is 13.1. The van der Waals surface area contributed by atoms with Crippen LogP contribution in [0.4, 0.5) is 4.39 Å². The summed E-state index contributed by atoms with van der Waals surface area (Å²) in [6.07, 6.45) is 0.212. The predicted molar refractivity (Wildman–Crippen MR) is 97.5 cm³/mol. The normalized spacial score (nSPS) is 18.7. The number of rotatable bonds is 7. The summed E-state index contributed by atoms with van der Waals surface area (Å²) in [5.41, 5.74) is 2.38. The highest BCUT2D eigenvalue weighted by Gasteiger charge is 2.37. The first-order valence-corrected chi connectivity index (χ1v) is 8.81. The van der Waals surface area contributed by atoms with E-state index >= 15 is 0 Å². The smallest absolute Gasteiger partial charge is 0.322 e. The van der Waals surface area contributed by atoms with Gasteiger partial charge < -0.3 is 9.64 Å². The van der Waals surface area contributed by atoms with Crippen LogP contribution in [-0.4, -0.2) is 36.1 Å². The van der Waals surface area contributed by atoms with E-state index in [-0.39, 0.29) is 17.7 Å². The molecule has 0 aliphatic carbocycles. The molecule has 0 radical (unpaired) electrons. The first kappa shape index (κ1) is 20.1. The Morgan fingerprint density at radius 3 is 2.42 bits per heavy atom. The van der Waals surface area contributed by atoms with E-state index < -0.39 is 12.2 Å². The average Bonchev–Trinajstić information content (AvgIpc) is 2.80. The number of benzene rings is 1. The van der Waals surface area contributed by atoms with Gasteiger partial charge in [0.15, 0.2) is 0 Å². The molecule has 0 aromatic heterocycles. The Balaban J connectivity index is 2.24. The van der Waals surface area contributed by atoms with Gasteiger partial charge in [-0.2, -0.15) is 0 Å². The molecule has 0 bridgehead atoms. The van der Waals surface area contributed by atoms with Crippen molar-refractivity contribution in [3.05, 3.63) is 46.8 Å². The maximum Gasteiger partial charge on any atom is 0.322 e. The zero-order valence-corrected chi connectivity index (χ0v) is 16.0. The molecule has 1 aromatic carbocycles. The Kier molecular flexibility index (Phi) is 6.53. The van der Waals surface area contributed by atoms with Crippen molar-refractivity contribution in [2.75, 3.05) is 7.11 Å². The molecule has 0 fully saturated rings. The van der Waals surface area contributed by atoms with Gasteiger partial charge in [-0.3, -0.25) is 14.9 Å². The third-order valence-electron chi connectivity index (χ3n) is 4.71. The second-order valence-electron chi connectivity index (χ2n) is 7.14. The topological polar surface area (TPSA) is 58.6 Å². The van der Waals surface area contributed by atoms with Gasteiger partial charge in [0.2, 0.25) is 0 Å². The first-order chi connectivity index (χ1) is 12.2. The quantitative estimate of drug-likeness (QED) is 0.758. The van der Waals surface area contributed by atoms with Crippen molar-refractivity contribution in [3.8, 4) is 0 Å². The van der Waals surface area contributed by atoms with E-state index in [1.165, 1.54) is 19.2 Å². The van der Waals surface area contributed by atoms with Crippen LogP contribution in [-0.2, 0) is 20.9 Å². The van der Waals surface area contributed by atoms with Gasteiger partial charge in [-0.25, -0.2) is 4.39 Å². The van der Waals surface area contributed by atoms with Crippen LogP contribution in [0.25, 0.3) is 0 Å². The maximum absolute atomic E-state index is 13.1. The van der Waals surface area contributed by atoms with Crippen molar-refractivity contribution < 1.29 is 18.7 Å². The van der Waals surface area contributed by atoms with Gasteiger partial charge in [-0.1, -0.05) is 26.0 Å². The fourth-order valence-corrected chi connectivity index (χ4v) is 3.14. The molecule has 5 nitrogen and oxygen atoms in total. The van der Waals surface area contributed by atoms with Gasteiger partial charge in [-0.15, -0.1) is 0 Å². The SMILES string of the molecule is COC(=O)[C@H](CC(C)C)N[C@H]1C(C)=C(C)C(=O)N1Cc1ccc(F)cc1. The number of hydrogen-bond acceptors (Lipinski definition) is 4. The van der Waals surface area contributed by atoms with Crippen LogP contribution in [0.2, 0.25) is 0 Å². The van der Waals surface area contributed by atoms with Crippen LogP contribution < -0.4 is 5.32 Å². The third kappa shape index (κ3) is 4.49. The van der Waals surface area contributed by atoms with E-state index in [0.29, 0.717) is 24.5 Å². The highest BCUT2D eigenvalue weighted by molar-refractivity contribution is 5.97. The highest BCUT2D eigenvalue weighted by atomic mass is 19.1. The molecule has 2 rings (SSSR count). The predicted octanol–water partition coefficient (Wildman–Crippen LogP) is 3.01. The molecule has 1 N–H and O–H groups in total. The lowest BCUT2D eigenvalue weighted by Crippen LogP contribution is -2.52. The van der Waals surface area contributed by atoms with Crippen molar-refractivity contribution in [2.24, 2.45) is 5.92 Å². The number of methoxy groups -OCH3 is 1. The van der Waals surface area contributed by atoms with Crippen LogP contribution in [0.15, 0.2) is 35.4 Å². The molecule has 26 heavy (non-hydrogen) atoms. The molecular weight excluding hydrogens is 335 g/mol. The second-order valence-corrected chi connectivity index (χ2v) is 7.14. The van der Waals surface area contributed by atoms with E-state index in [1.807, 2.05) is 20.8 Å². The molecule has 0 spiro atoms. The largest absolute Gasteiger partial charge is 0.468 e. The standard InChI is InChI=1S/C20H27FN2O3/c1-12(2)10-17(20(25)26-5)22-18-13(3)14(4)19(24)23(18)11-15-6-8-16(21)9-7-15/h6-9,12,17-18,22H,10-11H2,1-5H3/t17-,18+/m0/s1. The Morgan fingerprint density at radius 1 is 1.27 bits per heavy atom. The molecule has 0 unspecified atom stereocenters. The van der Waals surface area contributed by atoms with Gasteiger partial charge in [-0.05, 0) is 49.5 Å². The number of carbonyl (C=O) groups is 2. The molecule has 0 saturated carbocycles. The van der Waals surface area contributed by atoms with Gasteiger partial charge >= 0.3 is 5.97 Å². The monoisotopic (exact) mass is 362 g/mol. The number of ether oxygens (including phenoxy) is 1. The Bertz CT molecular complexity index is 698. The van der Waals surface area contributed by atoms with Crippen LogP contribution in [0.5, 0.6) is 0 Å². The summed E-state index contributed by atoms with van der Waals surface area (Å²) in [6, 6.07) is 5.57. The molecule has 1 aromatic rings. The van der Waals surface area contributed by atoms with Gasteiger partial charge in [0, 0.05) is 12.1 Å². The van der Waals surface area contributed by atoms with Crippen molar-refractivity contribution in [3.63, 3.8) is 0 Å². The zero-order chi connectivity index (χ0) is 19.4. The summed E-state index contributed by atoms with van der Waals surface area (Å²) in [6.45, 7) is 8.07. The lowest BCUT2D eigenvalue weighted by molar-refractivity contribution is -0.144. The van der Waals surface area contributed by atoms with Gasteiger partial charge in [0.25, 0.3) is 5.91 Å². The number of carbonyl (C=O) groups excluding carboxylic acids is 2. The fraction of sp³-hybridized carbons (Fsp3) is 0.500. The lowest BCUT2D eigenvalue weighted by Gasteiger charge is -2.31. The first-order valence-electron chi connectivity index (χ1n) is 8.81. The molecule has 6 heteroatoms. The zero-order valence-electron chi connectivity index (χ0n) is 16.0. The fourth-order valence-electron chi connectivity index (χ4n) is 3.14. The summed E-state index contributed by atoms with van der Waals surface area (Å²) in [7, 11) is 1.36. The minimum atomic E-state index is -0.505. The Hall–Kier alpha value is -2.21. The third-order valence-corrected chi connectivity index (χ3v) is 4.71. The number of amides is 1. The van der Waals surface area contributed by atoms with E-state index in [0.717, 1.165) is 11.1 Å². The summed E-state index contributed by atoms with van der Waals surface area (Å²) in [5.74, 6) is -0.452. The van der Waals surface area contributed by atoms with Crippen LogP contribution >= 0.6 is 0 Å².